The van der Waals surface area contributed by atoms with Crippen LogP contribution >= 0.6 is 0 Å². The van der Waals surface area contributed by atoms with Gasteiger partial charge in [-0.05, 0) is 25.0 Å². The first-order chi connectivity index (χ1) is 8.18. The number of anilines is 1. The summed E-state index contributed by atoms with van der Waals surface area (Å²) >= 11 is 0. The first kappa shape index (κ1) is 11.8. The van der Waals surface area contributed by atoms with Gasteiger partial charge in [-0.2, -0.15) is 0 Å². The van der Waals surface area contributed by atoms with Gasteiger partial charge in [0, 0.05) is 13.1 Å². The predicted molar refractivity (Wildman–Crippen MR) is 63.7 cm³/mol. The van der Waals surface area contributed by atoms with Crippen LogP contribution in [0.4, 0.5) is 15.8 Å². The van der Waals surface area contributed by atoms with E-state index < -0.39 is 10.7 Å². The van der Waals surface area contributed by atoms with Crippen molar-refractivity contribution in [2.24, 2.45) is 0 Å². The van der Waals surface area contributed by atoms with Gasteiger partial charge in [0.05, 0.1) is 11.0 Å². The summed E-state index contributed by atoms with van der Waals surface area (Å²) in [5, 5.41) is 10.9. The van der Waals surface area contributed by atoms with Crippen molar-refractivity contribution in [2.75, 3.05) is 18.0 Å². The number of benzene rings is 1. The van der Waals surface area contributed by atoms with Crippen molar-refractivity contribution >= 4 is 11.4 Å². The van der Waals surface area contributed by atoms with Crippen LogP contribution in [0, 0.1) is 15.9 Å². The summed E-state index contributed by atoms with van der Waals surface area (Å²) in [6, 6.07) is 3.80. The molecule has 1 saturated heterocycles. The Labute approximate surface area is 99.2 Å². The largest absolute Gasteiger partial charge is 0.366 e. The number of nitro groups is 1. The predicted octanol–water partition coefficient (Wildman–Crippen LogP) is 3.11. The summed E-state index contributed by atoms with van der Waals surface area (Å²) in [6.45, 7) is 1.62. The summed E-state index contributed by atoms with van der Waals surface area (Å²) in [6.07, 6.45) is 4.39. The molecule has 1 aliphatic rings. The van der Waals surface area contributed by atoms with Crippen molar-refractivity contribution in [3.05, 3.63) is 34.1 Å². The van der Waals surface area contributed by atoms with E-state index in [9.17, 15) is 14.5 Å². The van der Waals surface area contributed by atoms with Crippen molar-refractivity contribution in [1.29, 1.82) is 0 Å². The van der Waals surface area contributed by atoms with E-state index in [0.717, 1.165) is 44.8 Å². The van der Waals surface area contributed by atoms with Crippen LogP contribution in [-0.2, 0) is 0 Å². The fourth-order valence-corrected chi connectivity index (χ4v) is 2.22. The Kier molecular flexibility index (Phi) is 3.56. The zero-order valence-electron chi connectivity index (χ0n) is 9.56. The maximum atomic E-state index is 13.0. The molecule has 17 heavy (non-hydrogen) atoms. The second-order valence-corrected chi connectivity index (χ2v) is 4.29. The van der Waals surface area contributed by atoms with Gasteiger partial charge >= 0.3 is 0 Å². The van der Waals surface area contributed by atoms with E-state index in [4.69, 9.17) is 0 Å². The maximum absolute atomic E-state index is 13.0. The first-order valence-corrected chi connectivity index (χ1v) is 5.87. The third kappa shape index (κ3) is 2.72. The average Bonchev–Trinajstić information content (AvgIpc) is 2.57. The lowest BCUT2D eigenvalue weighted by molar-refractivity contribution is -0.384. The molecule has 1 fully saturated rings. The number of nitrogens with zero attached hydrogens (tertiary/aromatic N) is 2. The van der Waals surface area contributed by atoms with E-state index in [0.29, 0.717) is 5.69 Å². The Hall–Kier alpha value is -1.65. The van der Waals surface area contributed by atoms with Gasteiger partial charge in [-0.25, -0.2) is 4.39 Å². The maximum Gasteiger partial charge on any atom is 0.295 e. The molecule has 0 unspecified atom stereocenters. The van der Waals surface area contributed by atoms with Gasteiger partial charge in [-0.15, -0.1) is 0 Å². The van der Waals surface area contributed by atoms with Crippen LogP contribution in [0.2, 0.25) is 0 Å². The third-order valence-corrected chi connectivity index (χ3v) is 3.08. The molecule has 0 radical (unpaired) electrons. The summed E-state index contributed by atoms with van der Waals surface area (Å²) in [5.41, 5.74) is 0.408. The van der Waals surface area contributed by atoms with Crippen molar-refractivity contribution < 1.29 is 9.31 Å². The fourth-order valence-electron chi connectivity index (χ4n) is 2.22. The SMILES string of the molecule is O=[N+]([O-])c1cc(F)ccc1N1CCCCCC1. The molecule has 92 valence electrons. The first-order valence-electron chi connectivity index (χ1n) is 5.87. The topological polar surface area (TPSA) is 46.4 Å². The van der Waals surface area contributed by atoms with E-state index in [1.807, 2.05) is 4.90 Å². The van der Waals surface area contributed by atoms with Gasteiger partial charge in [0.2, 0.25) is 0 Å². The second-order valence-electron chi connectivity index (χ2n) is 4.29. The summed E-state index contributed by atoms with van der Waals surface area (Å²) in [7, 11) is 0. The molecule has 0 spiro atoms. The van der Waals surface area contributed by atoms with Gasteiger partial charge in [0.15, 0.2) is 0 Å². The fraction of sp³-hybridized carbons (Fsp3) is 0.500. The van der Waals surface area contributed by atoms with Crippen LogP contribution in [0.25, 0.3) is 0 Å². The summed E-state index contributed by atoms with van der Waals surface area (Å²) in [5.74, 6) is -0.560. The lowest BCUT2D eigenvalue weighted by Crippen LogP contribution is -2.24. The molecule has 2 rings (SSSR count). The molecule has 0 saturated carbocycles. The zero-order chi connectivity index (χ0) is 12.3. The zero-order valence-corrected chi connectivity index (χ0v) is 9.56. The Morgan fingerprint density at radius 2 is 1.82 bits per heavy atom. The molecule has 5 heteroatoms. The van der Waals surface area contributed by atoms with Crippen molar-refractivity contribution in [3.8, 4) is 0 Å². The minimum Gasteiger partial charge on any atom is -0.366 e. The monoisotopic (exact) mass is 238 g/mol. The highest BCUT2D eigenvalue weighted by Crippen LogP contribution is 2.30. The molecule has 0 amide bonds. The Morgan fingerprint density at radius 3 is 2.41 bits per heavy atom. The number of hydrogen-bond acceptors (Lipinski definition) is 3. The van der Waals surface area contributed by atoms with Crippen LogP contribution in [0.5, 0.6) is 0 Å². The molecular weight excluding hydrogens is 223 g/mol. The Morgan fingerprint density at radius 1 is 1.18 bits per heavy atom. The van der Waals surface area contributed by atoms with Gasteiger partial charge in [0.25, 0.3) is 5.69 Å². The summed E-state index contributed by atoms with van der Waals surface area (Å²) in [4.78, 5) is 12.4. The van der Waals surface area contributed by atoms with E-state index in [-0.39, 0.29) is 5.69 Å². The van der Waals surface area contributed by atoms with Crippen molar-refractivity contribution in [3.63, 3.8) is 0 Å². The van der Waals surface area contributed by atoms with Gasteiger partial charge in [0.1, 0.15) is 11.5 Å². The van der Waals surface area contributed by atoms with Crippen LogP contribution in [0.15, 0.2) is 18.2 Å². The molecule has 1 aromatic carbocycles. The number of nitro benzene ring substituents is 1. The molecular formula is C12H15FN2O2. The minimum atomic E-state index is -0.560. The highest BCUT2D eigenvalue weighted by Gasteiger charge is 2.20. The van der Waals surface area contributed by atoms with E-state index in [2.05, 4.69) is 0 Å². The van der Waals surface area contributed by atoms with Gasteiger partial charge < -0.3 is 4.90 Å². The molecule has 0 aliphatic carbocycles. The smallest absolute Gasteiger partial charge is 0.295 e. The van der Waals surface area contributed by atoms with E-state index >= 15 is 0 Å². The number of rotatable bonds is 2. The third-order valence-electron chi connectivity index (χ3n) is 3.08. The van der Waals surface area contributed by atoms with E-state index in [1.165, 1.54) is 12.1 Å². The lowest BCUT2D eigenvalue weighted by atomic mass is 10.2. The Balaban J connectivity index is 2.32. The molecule has 1 aromatic rings. The van der Waals surface area contributed by atoms with Crippen LogP contribution in [0.1, 0.15) is 25.7 Å². The van der Waals surface area contributed by atoms with E-state index in [1.54, 1.807) is 0 Å². The molecule has 0 N–H and O–H groups in total. The molecule has 0 aromatic heterocycles. The van der Waals surface area contributed by atoms with Crippen LogP contribution < -0.4 is 4.90 Å². The van der Waals surface area contributed by atoms with Crippen molar-refractivity contribution in [2.45, 2.75) is 25.7 Å². The normalized spacial score (nSPS) is 16.6. The minimum absolute atomic E-state index is 0.132. The molecule has 0 bridgehead atoms. The van der Waals surface area contributed by atoms with Crippen molar-refractivity contribution in [1.82, 2.24) is 0 Å². The highest BCUT2D eigenvalue weighted by molar-refractivity contribution is 5.63. The molecule has 4 nitrogen and oxygen atoms in total. The second kappa shape index (κ2) is 5.12. The lowest BCUT2D eigenvalue weighted by Gasteiger charge is -2.22. The molecule has 1 heterocycles. The van der Waals surface area contributed by atoms with Gasteiger partial charge in [-0.3, -0.25) is 10.1 Å². The van der Waals surface area contributed by atoms with Crippen LogP contribution in [0.3, 0.4) is 0 Å². The highest BCUT2D eigenvalue weighted by atomic mass is 19.1. The quantitative estimate of drug-likeness (QED) is 0.587. The number of hydrogen-bond donors (Lipinski definition) is 0. The molecule has 0 atom stereocenters. The average molecular weight is 238 g/mol. The number of halogens is 1. The van der Waals surface area contributed by atoms with Gasteiger partial charge in [-0.1, -0.05) is 12.8 Å². The summed E-state index contributed by atoms with van der Waals surface area (Å²) < 4.78 is 13.0. The van der Waals surface area contributed by atoms with Crippen LogP contribution in [-0.4, -0.2) is 18.0 Å². The Bertz CT molecular complexity index is 415. The molecule has 1 aliphatic heterocycles. The standard InChI is InChI=1S/C12H15FN2O2/c13-10-5-6-11(12(9-10)15(16)17)14-7-3-1-2-4-8-14/h5-6,9H,1-4,7-8H2.